The summed E-state index contributed by atoms with van der Waals surface area (Å²) in [5.74, 6) is 0.667. The van der Waals surface area contributed by atoms with Gasteiger partial charge in [-0.3, -0.25) is 14.6 Å². The first kappa shape index (κ1) is 22.1. The molecule has 2 aromatic heterocycles. The Kier molecular flexibility index (Phi) is 6.49. The maximum Gasteiger partial charge on any atom is 0.270 e. The Balaban J connectivity index is 1.38. The van der Waals surface area contributed by atoms with E-state index < -0.39 is 0 Å². The lowest BCUT2D eigenvalue weighted by Gasteiger charge is -2.33. The van der Waals surface area contributed by atoms with Gasteiger partial charge in [-0.05, 0) is 43.7 Å². The molecule has 1 atom stereocenters. The van der Waals surface area contributed by atoms with Crippen molar-refractivity contribution in [2.24, 2.45) is 5.92 Å². The fourth-order valence-electron chi connectivity index (χ4n) is 5.26. The molecule has 2 aliphatic rings. The number of fused-ring (bicyclic) bond motifs is 1. The highest BCUT2D eigenvalue weighted by Crippen LogP contribution is 2.34. The SMILES string of the molecule is Cc1ccccc1-c1csc2c(=O)[nH]c(N3CCC[C@H](C(=O)NC4CCCCCC4)C3)nc12. The molecule has 6 nitrogen and oxygen atoms in total. The molecule has 174 valence electrons. The van der Waals surface area contributed by atoms with Crippen LogP contribution < -0.4 is 15.8 Å². The maximum absolute atomic E-state index is 13.0. The van der Waals surface area contributed by atoms with E-state index in [2.05, 4.69) is 34.3 Å². The van der Waals surface area contributed by atoms with Crippen molar-refractivity contribution in [3.05, 3.63) is 45.6 Å². The van der Waals surface area contributed by atoms with Gasteiger partial charge in [0.1, 0.15) is 4.70 Å². The van der Waals surface area contributed by atoms with E-state index in [0.29, 0.717) is 23.2 Å². The first-order chi connectivity index (χ1) is 16.1. The average molecular weight is 465 g/mol. The molecule has 7 heteroatoms. The molecule has 0 unspecified atom stereocenters. The molecule has 0 bridgehead atoms. The van der Waals surface area contributed by atoms with Crippen molar-refractivity contribution in [2.45, 2.75) is 64.3 Å². The second-order valence-electron chi connectivity index (χ2n) is 9.51. The van der Waals surface area contributed by atoms with Crippen molar-refractivity contribution in [3.63, 3.8) is 0 Å². The van der Waals surface area contributed by atoms with E-state index in [-0.39, 0.29) is 17.4 Å². The molecule has 3 heterocycles. The van der Waals surface area contributed by atoms with Gasteiger partial charge in [-0.1, -0.05) is 49.9 Å². The van der Waals surface area contributed by atoms with Gasteiger partial charge in [0.25, 0.3) is 5.56 Å². The molecule has 2 N–H and O–H groups in total. The Bertz CT molecular complexity index is 1190. The number of aromatic amines is 1. The smallest absolute Gasteiger partial charge is 0.270 e. The summed E-state index contributed by atoms with van der Waals surface area (Å²) in [6.45, 7) is 3.47. The second kappa shape index (κ2) is 9.67. The first-order valence-corrected chi connectivity index (χ1v) is 13.1. The number of anilines is 1. The van der Waals surface area contributed by atoms with Crippen LogP contribution in [0.5, 0.6) is 0 Å². The summed E-state index contributed by atoms with van der Waals surface area (Å²) in [7, 11) is 0. The zero-order valence-electron chi connectivity index (χ0n) is 19.2. The Morgan fingerprint density at radius 1 is 1.09 bits per heavy atom. The standard InChI is InChI=1S/C26H32N4O2S/c1-17-9-6-7-13-20(17)21-16-33-23-22(21)28-26(29-25(23)32)30-14-8-10-18(15-30)24(31)27-19-11-4-2-3-5-12-19/h6-7,9,13,16,18-19H,2-5,8,10-12,14-15H2,1H3,(H,27,31)(H,28,29,32)/t18-/m0/s1. The van der Waals surface area contributed by atoms with Gasteiger partial charge < -0.3 is 10.2 Å². The molecule has 5 rings (SSSR count). The number of nitrogens with zero attached hydrogens (tertiary/aromatic N) is 2. The molecule has 3 aromatic rings. The third-order valence-corrected chi connectivity index (χ3v) is 8.11. The number of aryl methyl sites for hydroxylation is 1. The van der Waals surface area contributed by atoms with Crippen molar-refractivity contribution >= 4 is 33.4 Å². The van der Waals surface area contributed by atoms with Crippen LogP contribution in [0, 0.1) is 12.8 Å². The Morgan fingerprint density at radius 2 is 1.88 bits per heavy atom. The molecular weight excluding hydrogens is 432 g/mol. The predicted molar refractivity (Wildman–Crippen MR) is 135 cm³/mol. The number of aromatic nitrogens is 2. The van der Waals surface area contributed by atoms with Gasteiger partial charge >= 0.3 is 0 Å². The molecule has 1 saturated heterocycles. The number of thiophene rings is 1. The Hall–Kier alpha value is -2.67. The lowest BCUT2D eigenvalue weighted by atomic mass is 9.96. The van der Waals surface area contributed by atoms with E-state index >= 15 is 0 Å². The van der Waals surface area contributed by atoms with E-state index in [9.17, 15) is 9.59 Å². The molecule has 33 heavy (non-hydrogen) atoms. The van der Waals surface area contributed by atoms with Crippen LogP contribution in [0.15, 0.2) is 34.4 Å². The van der Waals surface area contributed by atoms with Crippen molar-refractivity contribution in [1.29, 1.82) is 0 Å². The fourth-order valence-corrected chi connectivity index (χ4v) is 6.16. The van der Waals surface area contributed by atoms with Crippen LogP contribution in [-0.4, -0.2) is 35.0 Å². The van der Waals surface area contributed by atoms with Gasteiger partial charge in [-0.15, -0.1) is 11.3 Å². The number of carbonyl (C=O) groups excluding carboxylic acids is 1. The third kappa shape index (κ3) is 4.69. The highest BCUT2D eigenvalue weighted by Gasteiger charge is 2.29. The van der Waals surface area contributed by atoms with Crippen molar-refractivity contribution in [1.82, 2.24) is 15.3 Å². The number of benzene rings is 1. The minimum Gasteiger partial charge on any atom is -0.353 e. The molecule has 0 spiro atoms. The van der Waals surface area contributed by atoms with Crippen molar-refractivity contribution in [2.75, 3.05) is 18.0 Å². The lowest BCUT2D eigenvalue weighted by Crippen LogP contribution is -2.46. The fraction of sp³-hybridized carbons (Fsp3) is 0.500. The number of hydrogen-bond donors (Lipinski definition) is 2. The molecule has 0 radical (unpaired) electrons. The number of H-pyrrole nitrogens is 1. The van der Waals surface area contributed by atoms with Gasteiger partial charge in [0.2, 0.25) is 11.9 Å². The van der Waals surface area contributed by atoms with Gasteiger partial charge in [-0.2, -0.15) is 0 Å². The van der Waals surface area contributed by atoms with Gasteiger partial charge in [0.05, 0.1) is 11.4 Å². The van der Waals surface area contributed by atoms with Crippen LogP contribution in [-0.2, 0) is 4.79 Å². The number of rotatable bonds is 4. The lowest BCUT2D eigenvalue weighted by molar-refractivity contribution is -0.126. The highest BCUT2D eigenvalue weighted by molar-refractivity contribution is 7.17. The van der Waals surface area contributed by atoms with Crippen LogP contribution in [0.2, 0.25) is 0 Å². The van der Waals surface area contributed by atoms with E-state index in [1.807, 2.05) is 17.5 Å². The number of hydrogen-bond acceptors (Lipinski definition) is 5. The summed E-state index contributed by atoms with van der Waals surface area (Å²) < 4.78 is 0.650. The molecule has 2 fully saturated rings. The molecule has 1 aliphatic carbocycles. The zero-order valence-corrected chi connectivity index (χ0v) is 20.0. The Labute approximate surface area is 198 Å². The van der Waals surface area contributed by atoms with Crippen LogP contribution >= 0.6 is 11.3 Å². The Morgan fingerprint density at radius 3 is 2.67 bits per heavy atom. The average Bonchev–Trinajstić information content (AvgIpc) is 3.09. The molecule has 1 aliphatic heterocycles. The minimum absolute atomic E-state index is 0.0682. The third-order valence-electron chi connectivity index (χ3n) is 7.14. The van der Waals surface area contributed by atoms with Crippen LogP contribution in [0.4, 0.5) is 5.95 Å². The number of carbonyl (C=O) groups is 1. The van der Waals surface area contributed by atoms with Crippen LogP contribution in [0.1, 0.15) is 56.9 Å². The highest BCUT2D eigenvalue weighted by atomic mass is 32.1. The summed E-state index contributed by atoms with van der Waals surface area (Å²) in [4.78, 5) is 35.9. The molecule has 1 saturated carbocycles. The topological polar surface area (TPSA) is 78.1 Å². The molecular formula is C26H32N4O2S. The van der Waals surface area contributed by atoms with E-state index in [4.69, 9.17) is 4.98 Å². The zero-order chi connectivity index (χ0) is 22.8. The maximum atomic E-state index is 13.0. The minimum atomic E-state index is -0.107. The molecule has 1 aromatic carbocycles. The monoisotopic (exact) mass is 464 g/mol. The van der Waals surface area contributed by atoms with E-state index in [1.165, 1.54) is 37.0 Å². The summed E-state index contributed by atoms with van der Waals surface area (Å²) in [5.41, 5.74) is 3.91. The summed E-state index contributed by atoms with van der Waals surface area (Å²) >= 11 is 1.44. The molecule has 1 amide bonds. The van der Waals surface area contributed by atoms with Crippen molar-refractivity contribution < 1.29 is 4.79 Å². The van der Waals surface area contributed by atoms with Gasteiger partial charge in [0, 0.05) is 30.1 Å². The number of nitrogens with one attached hydrogen (secondary N) is 2. The summed E-state index contributed by atoms with van der Waals surface area (Å²) in [5, 5.41) is 5.34. The first-order valence-electron chi connectivity index (χ1n) is 12.2. The second-order valence-corrected chi connectivity index (χ2v) is 10.4. The van der Waals surface area contributed by atoms with E-state index in [0.717, 1.165) is 54.4 Å². The van der Waals surface area contributed by atoms with Crippen LogP contribution in [0.25, 0.3) is 21.3 Å². The normalized spacial score (nSPS) is 20.0. The van der Waals surface area contributed by atoms with Crippen LogP contribution in [0.3, 0.4) is 0 Å². The van der Waals surface area contributed by atoms with E-state index in [1.54, 1.807) is 0 Å². The quantitative estimate of drug-likeness (QED) is 0.532. The summed E-state index contributed by atoms with van der Waals surface area (Å²) in [6.07, 6.45) is 8.94. The largest absolute Gasteiger partial charge is 0.353 e. The summed E-state index contributed by atoms with van der Waals surface area (Å²) in [6, 6.07) is 8.50. The predicted octanol–water partition coefficient (Wildman–Crippen LogP) is 5.02. The number of amides is 1. The van der Waals surface area contributed by atoms with Crippen molar-refractivity contribution in [3.8, 4) is 11.1 Å². The number of piperidine rings is 1. The van der Waals surface area contributed by atoms with Gasteiger partial charge in [0.15, 0.2) is 0 Å². The van der Waals surface area contributed by atoms with Gasteiger partial charge in [-0.25, -0.2) is 4.98 Å².